The van der Waals surface area contributed by atoms with Crippen LogP contribution in [0.25, 0.3) is 0 Å². The summed E-state index contributed by atoms with van der Waals surface area (Å²) in [5, 5.41) is 0. The zero-order valence-electron chi connectivity index (χ0n) is 5.65. The van der Waals surface area contributed by atoms with Gasteiger partial charge < -0.3 is 4.74 Å². The smallest absolute Gasteiger partial charge is 0.115 e. The highest BCUT2D eigenvalue weighted by atomic mass is 35.5. The van der Waals surface area contributed by atoms with Crippen LogP contribution >= 0.6 is 12.4 Å². The van der Waals surface area contributed by atoms with E-state index >= 15 is 0 Å². The molecule has 0 unspecified atom stereocenters. The molecule has 1 rings (SSSR count). The van der Waals surface area contributed by atoms with Gasteiger partial charge in [0.1, 0.15) is 6.33 Å². The summed E-state index contributed by atoms with van der Waals surface area (Å²) in [6.45, 7) is 0.558. The first-order valence-electron chi connectivity index (χ1n) is 2.67. The third kappa shape index (κ3) is 2.75. The number of rotatable bonds is 2. The molecule has 1 heterocycles. The van der Waals surface area contributed by atoms with Crippen molar-refractivity contribution in [3.8, 4) is 0 Å². The van der Waals surface area contributed by atoms with Gasteiger partial charge in [0.25, 0.3) is 0 Å². The molecule has 0 saturated heterocycles. The minimum Gasteiger partial charge on any atom is -0.378 e. The van der Waals surface area contributed by atoms with Crippen LogP contribution in [0.2, 0.25) is 0 Å². The molecule has 0 amide bonds. The van der Waals surface area contributed by atoms with E-state index in [1.165, 1.54) is 6.33 Å². The van der Waals surface area contributed by atoms with Gasteiger partial charge >= 0.3 is 0 Å². The number of nitrogens with zero attached hydrogens (tertiary/aromatic N) is 2. The summed E-state index contributed by atoms with van der Waals surface area (Å²) in [7, 11) is 1.64. The average molecular weight is 161 g/mol. The molecule has 1 aromatic heterocycles. The Kier molecular flexibility index (Phi) is 4.80. The lowest BCUT2D eigenvalue weighted by molar-refractivity contribution is 0.181. The third-order valence-electron chi connectivity index (χ3n) is 0.935. The molecule has 0 N–H and O–H groups in total. The zero-order chi connectivity index (χ0) is 6.53. The van der Waals surface area contributed by atoms with Crippen molar-refractivity contribution in [1.82, 2.24) is 9.97 Å². The van der Waals surface area contributed by atoms with Crippen LogP contribution in [0.4, 0.5) is 0 Å². The molecule has 0 aliphatic rings. The van der Waals surface area contributed by atoms with E-state index in [9.17, 15) is 0 Å². The number of halogens is 1. The minimum absolute atomic E-state index is 0. The van der Waals surface area contributed by atoms with Crippen LogP contribution in [0, 0.1) is 0 Å². The molecule has 0 fully saturated rings. The van der Waals surface area contributed by atoms with Crippen LogP contribution in [0.1, 0.15) is 5.69 Å². The predicted octanol–water partition coefficient (Wildman–Crippen LogP) is 1.04. The van der Waals surface area contributed by atoms with Crippen molar-refractivity contribution in [3.63, 3.8) is 0 Å². The van der Waals surface area contributed by atoms with E-state index < -0.39 is 0 Å². The average Bonchev–Trinajstić information content (AvgIpc) is 1.91. The highest BCUT2D eigenvalue weighted by Crippen LogP contribution is 1.90. The van der Waals surface area contributed by atoms with Crippen molar-refractivity contribution in [2.45, 2.75) is 6.61 Å². The molecule has 0 bridgehead atoms. The molecule has 0 aromatic carbocycles. The summed E-state index contributed by atoms with van der Waals surface area (Å²) in [6, 6.07) is 1.82. The second-order valence-corrected chi connectivity index (χ2v) is 1.63. The molecular weight excluding hydrogens is 152 g/mol. The second-order valence-electron chi connectivity index (χ2n) is 1.63. The Balaban J connectivity index is 0.000000810. The van der Waals surface area contributed by atoms with Crippen molar-refractivity contribution < 1.29 is 4.74 Å². The summed E-state index contributed by atoms with van der Waals surface area (Å²) in [5.74, 6) is 0. The molecule has 0 radical (unpaired) electrons. The number of hydrogen-bond acceptors (Lipinski definition) is 3. The van der Waals surface area contributed by atoms with Crippen molar-refractivity contribution in [1.29, 1.82) is 0 Å². The third-order valence-corrected chi connectivity index (χ3v) is 0.935. The Morgan fingerprint density at radius 3 is 2.90 bits per heavy atom. The van der Waals surface area contributed by atoms with Crippen LogP contribution < -0.4 is 0 Å². The van der Waals surface area contributed by atoms with Gasteiger partial charge in [-0.05, 0) is 6.07 Å². The molecule has 3 nitrogen and oxygen atoms in total. The topological polar surface area (TPSA) is 35.0 Å². The maximum absolute atomic E-state index is 4.84. The van der Waals surface area contributed by atoms with Gasteiger partial charge in [-0.1, -0.05) is 0 Å². The minimum atomic E-state index is 0. The van der Waals surface area contributed by atoms with Crippen LogP contribution in [0.3, 0.4) is 0 Å². The fourth-order valence-corrected chi connectivity index (χ4v) is 0.551. The van der Waals surface area contributed by atoms with Crippen LogP contribution in [-0.4, -0.2) is 17.1 Å². The number of methoxy groups -OCH3 is 1. The van der Waals surface area contributed by atoms with E-state index in [-0.39, 0.29) is 12.4 Å². The second kappa shape index (κ2) is 5.14. The van der Waals surface area contributed by atoms with Gasteiger partial charge in [0.15, 0.2) is 0 Å². The Labute approximate surface area is 65.9 Å². The first-order valence-corrected chi connectivity index (χ1v) is 2.67. The Morgan fingerprint density at radius 2 is 2.40 bits per heavy atom. The van der Waals surface area contributed by atoms with E-state index in [2.05, 4.69) is 9.97 Å². The summed E-state index contributed by atoms with van der Waals surface area (Å²) in [5.41, 5.74) is 0.910. The largest absolute Gasteiger partial charge is 0.378 e. The summed E-state index contributed by atoms with van der Waals surface area (Å²) >= 11 is 0. The fraction of sp³-hybridized carbons (Fsp3) is 0.333. The van der Waals surface area contributed by atoms with E-state index in [1.54, 1.807) is 13.3 Å². The lowest BCUT2D eigenvalue weighted by Crippen LogP contribution is -1.90. The highest BCUT2D eigenvalue weighted by molar-refractivity contribution is 5.85. The molecule has 0 aliphatic heterocycles. The van der Waals surface area contributed by atoms with Gasteiger partial charge in [-0.2, -0.15) is 0 Å². The van der Waals surface area contributed by atoms with Crippen LogP contribution in [-0.2, 0) is 11.3 Å². The first-order chi connectivity index (χ1) is 4.43. The lowest BCUT2D eigenvalue weighted by atomic mass is 10.4. The highest BCUT2D eigenvalue weighted by Gasteiger charge is 1.87. The zero-order valence-corrected chi connectivity index (χ0v) is 6.47. The maximum Gasteiger partial charge on any atom is 0.115 e. The van der Waals surface area contributed by atoms with Crippen LogP contribution in [0.5, 0.6) is 0 Å². The van der Waals surface area contributed by atoms with Gasteiger partial charge in [-0.3, -0.25) is 0 Å². The van der Waals surface area contributed by atoms with Gasteiger partial charge in [0.2, 0.25) is 0 Å². The van der Waals surface area contributed by atoms with Gasteiger partial charge in [-0.25, -0.2) is 9.97 Å². The Morgan fingerprint density at radius 1 is 1.60 bits per heavy atom. The van der Waals surface area contributed by atoms with Gasteiger partial charge in [0.05, 0.1) is 12.3 Å². The molecule has 1 aromatic rings. The monoisotopic (exact) mass is 160 g/mol. The Bertz CT molecular complexity index is 169. The quantitative estimate of drug-likeness (QED) is 0.649. The van der Waals surface area contributed by atoms with E-state index in [4.69, 9.17) is 4.74 Å². The molecule has 0 atom stereocenters. The summed E-state index contributed by atoms with van der Waals surface area (Å²) in [6.07, 6.45) is 3.20. The summed E-state index contributed by atoms with van der Waals surface area (Å²) < 4.78 is 4.84. The predicted molar refractivity (Wildman–Crippen MR) is 40.0 cm³/mol. The Hall–Kier alpha value is -0.670. The molecule has 10 heavy (non-hydrogen) atoms. The van der Waals surface area contributed by atoms with Gasteiger partial charge in [0, 0.05) is 13.3 Å². The van der Waals surface area contributed by atoms with Crippen molar-refractivity contribution in [2.24, 2.45) is 0 Å². The van der Waals surface area contributed by atoms with Crippen molar-refractivity contribution in [3.05, 3.63) is 24.3 Å². The first kappa shape index (κ1) is 9.33. The van der Waals surface area contributed by atoms with Crippen molar-refractivity contribution >= 4 is 12.4 Å². The number of hydrogen-bond donors (Lipinski definition) is 0. The van der Waals surface area contributed by atoms with E-state index in [0.29, 0.717) is 6.61 Å². The van der Waals surface area contributed by atoms with Crippen LogP contribution in [0.15, 0.2) is 18.6 Å². The molecule has 56 valence electrons. The van der Waals surface area contributed by atoms with Crippen molar-refractivity contribution in [2.75, 3.05) is 7.11 Å². The normalized spacial score (nSPS) is 8.50. The molecule has 0 spiro atoms. The van der Waals surface area contributed by atoms with E-state index in [1.807, 2.05) is 6.07 Å². The van der Waals surface area contributed by atoms with E-state index in [0.717, 1.165) is 5.69 Å². The van der Waals surface area contributed by atoms with Gasteiger partial charge in [-0.15, -0.1) is 12.4 Å². The molecule has 4 heteroatoms. The summed E-state index contributed by atoms with van der Waals surface area (Å²) in [4.78, 5) is 7.69. The maximum atomic E-state index is 4.84. The lowest BCUT2D eigenvalue weighted by Gasteiger charge is -1.93. The molecular formula is C6H9ClN2O. The number of ether oxygens (including phenoxy) is 1. The fourth-order valence-electron chi connectivity index (χ4n) is 0.551. The molecule has 0 aliphatic carbocycles. The molecule has 0 saturated carbocycles. The standard InChI is InChI=1S/C6H8N2O.ClH/c1-9-4-6-2-3-7-5-8-6;/h2-3,5H,4H2,1H3;1H. The SMILES string of the molecule is COCc1ccncn1.Cl. The number of aromatic nitrogens is 2.